The number of aryl methyl sites for hydroxylation is 1. The average Bonchev–Trinajstić information content (AvgIpc) is 2.92. The second-order valence-corrected chi connectivity index (χ2v) is 7.44. The standard InChI is InChI=1S/C23H25NO4/c1-15-16(2)24(21-11-8-18(14-25)12-20(15)21)13-17-6-9-19(10-7-17)28-23(3,4)22(26)27-5/h6-12,14H,13H2,1-5H3. The Morgan fingerprint density at radius 3 is 2.39 bits per heavy atom. The third-order valence-corrected chi connectivity index (χ3v) is 5.11. The van der Waals surface area contributed by atoms with Crippen molar-refractivity contribution < 1.29 is 19.1 Å². The van der Waals surface area contributed by atoms with Crippen molar-refractivity contribution in [2.45, 2.75) is 39.8 Å². The number of aldehydes is 1. The van der Waals surface area contributed by atoms with Crippen LogP contribution >= 0.6 is 0 Å². The summed E-state index contributed by atoms with van der Waals surface area (Å²) >= 11 is 0. The van der Waals surface area contributed by atoms with Crippen LogP contribution in [-0.2, 0) is 16.1 Å². The fourth-order valence-electron chi connectivity index (χ4n) is 3.37. The Balaban J connectivity index is 1.86. The first-order valence-corrected chi connectivity index (χ1v) is 9.18. The van der Waals surface area contributed by atoms with Crippen molar-refractivity contribution in [2.24, 2.45) is 0 Å². The van der Waals surface area contributed by atoms with Crippen LogP contribution in [0.1, 0.15) is 41.0 Å². The molecule has 0 amide bonds. The molecule has 0 fully saturated rings. The summed E-state index contributed by atoms with van der Waals surface area (Å²) in [6, 6.07) is 13.5. The molecule has 0 atom stereocenters. The molecule has 0 bridgehead atoms. The maximum absolute atomic E-state index is 11.8. The molecule has 3 rings (SSSR count). The second-order valence-electron chi connectivity index (χ2n) is 7.44. The van der Waals surface area contributed by atoms with Gasteiger partial charge in [-0.05, 0) is 69.2 Å². The summed E-state index contributed by atoms with van der Waals surface area (Å²) in [4.78, 5) is 22.9. The van der Waals surface area contributed by atoms with Crippen molar-refractivity contribution in [3.05, 3.63) is 64.8 Å². The molecule has 146 valence electrons. The van der Waals surface area contributed by atoms with E-state index in [1.165, 1.54) is 18.4 Å². The van der Waals surface area contributed by atoms with Crippen LogP contribution < -0.4 is 4.74 Å². The molecule has 0 saturated heterocycles. The van der Waals surface area contributed by atoms with Gasteiger partial charge >= 0.3 is 5.97 Å². The molecule has 0 radical (unpaired) electrons. The lowest BCUT2D eigenvalue weighted by atomic mass is 10.1. The Bertz CT molecular complexity index is 1030. The van der Waals surface area contributed by atoms with Gasteiger partial charge in [0.2, 0.25) is 0 Å². The summed E-state index contributed by atoms with van der Waals surface area (Å²) in [6.07, 6.45) is 0.875. The maximum Gasteiger partial charge on any atom is 0.349 e. The van der Waals surface area contributed by atoms with Crippen LogP contribution in [0.4, 0.5) is 0 Å². The monoisotopic (exact) mass is 379 g/mol. The number of ether oxygens (including phenoxy) is 2. The lowest BCUT2D eigenvalue weighted by Crippen LogP contribution is -2.39. The van der Waals surface area contributed by atoms with E-state index in [-0.39, 0.29) is 0 Å². The topological polar surface area (TPSA) is 57.5 Å². The van der Waals surface area contributed by atoms with Crippen LogP contribution in [0.15, 0.2) is 42.5 Å². The molecular formula is C23H25NO4. The molecule has 0 N–H and O–H groups in total. The van der Waals surface area contributed by atoms with Crippen molar-refractivity contribution in [3.63, 3.8) is 0 Å². The number of carbonyl (C=O) groups is 2. The van der Waals surface area contributed by atoms with E-state index in [9.17, 15) is 9.59 Å². The van der Waals surface area contributed by atoms with Gasteiger partial charge in [0.25, 0.3) is 0 Å². The van der Waals surface area contributed by atoms with Gasteiger partial charge < -0.3 is 14.0 Å². The van der Waals surface area contributed by atoms with E-state index >= 15 is 0 Å². The zero-order chi connectivity index (χ0) is 20.5. The number of hydrogen-bond acceptors (Lipinski definition) is 4. The molecule has 3 aromatic rings. The van der Waals surface area contributed by atoms with Gasteiger partial charge in [-0.25, -0.2) is 4.79 Å². The first kappa shape index (κ1) is 19.7. The van der Waals surface area contributed by atoms with Crippen molar-refractivity contribution in [2.75, 3.05) is 7.11 Å². The summed E-state index contributed by atoms with van der Waals surface area (Å²) in [5.74, 6) is 0.191. The number of nitrogens with zero attached hydrogens (tertiary/aromatic N) is 1. The first-order chi connectivity index (χ1) is 13.3. The van der Waals surface area contributed by atoms with E-state index in [1.807, 2.05) is 42.5 Å². The van der Waals surface area contributed by atoms with Crippen LogP contribution in [0.2, 0.25) is 0 Å². The number of hydrogen-bond donors (Lipinski definition) is 0. The Labute approximate surface area is 164 Å². The van der Waals surface area contributed by atoms with Gasteiger partial charge in [0.05, 0.1) is 7.11 Å². The van der Waals surface area contributed by atoms with Crippen molar-refractivity contribution in [3.8, 4) is 5.75 Å². The van der Waals surface area contributed by atoms with E-state index in [2.05, 4.69) is 18.4 Å². The summed E-state index contributed by atoms with van der Waals surface area (Å²) in [6.45, 7) is 8.23. The number of methoxy groups -OCH3 is 1. The largest absolute Gasteiger partial charge is 0.476 e. The van der Waals surface area contributed by atoms with Crippen LogP contribution in [0.25, 0.3) is 10.9 Å². The van der Waals surface area contributed by atoms with E-state index in [4.69, 9.17) is 9.47 Å². The number of fused-ring (bicyclic) bond motifs is 1. The normalized spacial score (nSPS) is 11.5. The van der Waals surface area contributed by atoms with Gasteiger partial charge in [0.1, 0.15) is 12.0 Å². The van der Waals surface area contributed by atoms with Crippen LogP contribution in [0.3, 0.4) is 0 Å². The molecule has 0 aliphatic carbocycles. The highest BCUT2D eigenvalue weighted by Crippen LogP contribution is 2.27. The Morgan fingerprint density at radius 2 is 1.79 bits per heavy atom. The fraction of sp³-hybridized carbons (Fsp3) is 0.304. The summed E-state index contributed by atoms with van der Waals surface area (Å²) in [5.41, 5.74) is 4.21. The zero-order valence-electron chi connectivity index (χ0n) is 16.9. The summed E-state index contributed by atoms with van der Waals surface area (Å²) in [5, 5.41) is 1.10. The molecule has 5 nitrogen and oxygen atoms in total. The molecule has 0 unspecified atom stereocenters. The Hall–Kier alpha value is -3.08. The van der Waals surface area contributed by atoms with Crippen LogP contribution in [-0.4, -0.2) is 29.5 Å². The predicted octanol–water partition coefficient (Wildman–Crippen LogP) is 4.45. The second kappa shape index (κ2) is 7.50. The molecular weight excluding hydrogens is 354 g/mol. The highest BCUT2D eigenvalue weighted by atomic mass is 16.6. The number of benzene rings is 2. The average molecular weight is 379 g/mol. The minimum absolute atomic E-state index is 0.420. The van der Waals surface area contributed by atoms with Crippen LogP contribution in [0, 0.1) is 13.8 Å². The number of aromatic nitrogens is 1. The lowest BCUT2D eigenvalue weighted by molar-refractivity contribution is -0.156. The predicted molar refractivity (Wildman–Crippen MR) is 109 cm³/mol. The van der Waals surface area contributed by atoms with E-state index in [0.29, 0.717) is 17.9 Å². The number of carbonyl (C=O) groups excluding carboxylic acids is 2. The van der Waals surface area contributed by atoms with Gasteiger partial charge in [-0.15, -0.1) is 0 Å². The van der Waals surface area contributed by atoms with Crippen molar-refractivity contribution in [1.29, 1.82) is 0 Å². The minimum Gasteiger partial charge on any atom is -0.476 e. The zero-order valence-corrected chi connectivity index (χ0v) is 16.9. The lowest BCUT2D eigenvalue weighted by Gasteiger charge is -2.23. The maximum atomic E-state index is 11.8. The van der Waals surface area contributed by atoms with Crippen LogP contribution in [0.5, 0.6) is 5.75 Å². The molecule has 5 heteroatoms. The minimum atomic E-state index is -1.04. The molecule has 0 spiro atoms. The number of rotatable bonds is 6. The Kier molecular flexibility index (Phi) is 5.27. The highest BCUT2D eigenvalue weighted by Gasteiger charge is 2.31. The van der Waals surface area contributed by atoms with Crippen molar-refractivity contribution >= 4 is 23.2 Å². The van der Waals surface area contributed by atoms with Gasteiger partial charge in [0, 0.05) is 28.7 Å². The first-order valence-electron chi connectivity index (χ1n) is 9.18. The third-order valence-electron chi connectivity index (χ3n) is 5.11. The summed E-state index contributed by atoms with van der Waals surface area (Å²) in [7, 11) is 1.35. The van der Waals surface area contributed by atoms with E-state index < -0.39 is 11.6 Å². The smallest absolute Gasteiger partial charge is 0.349 e. The fourth-order valence-corrected chi connectivity index (χ4v) is 3.37. The van der Waals surface area contributed by atoms with E-state index in [1.54, 1.807) is 13.8 Å². The van der Waals surface area contributed by atoms with Gasteiger partial charge in [-0.2, -0.15) is 0 Å². The SMILES string of the molecule is COC(=O)C(C)(C)Oc1ccc(Cn2c(C)c(C)c3cc(C=O)ccc32)cc1. The van der Waals surface area contributed by atoms with Gasteiger partial charge in [-0.1, -0.05) is 12.1 Å². The highest BCUT2D eigenvalue weighted by molar-refractivity contribution is 5.90. The number of esters is 1. The molecule has 1 aromatic heterocycles. The molecule has 0 aliphatic heterocycles. The van der Waals surface area contributed by atoms with Gasteiger partial charge in [0.15, 0.2) is 5.60 Å². The van der Waals surface area contributed by atoms with E-state index in [0.717, 1.165) is 22.8 Å². The van der Waals surface area contributed by atoms with Gasteiger partial charge in [-0.3, -0.25) is 4.79 Å². The molecule has 0 aliphatic rings. The quantitative estimate of drug-likeness (QED) is 0.469. The summed E-state index contributed by atoms with van der Waals surface area (Å²) < 4.78 is 12.8. The molecule has 0 saturated carbocycles. The third kappa shape index (κ3) is 3.65. The molecule has 1 heterocycles. The molecule has 2 aromatic carbocycles. The van der Waals surface area contributed by atoms with Crippen molar-refractivity contribution in [1.82, 2.24) is 4.57 Å². The molecule has 28 heavy (non-hydrogen) atoms. The Morgan fingerprint density at radius 1 is 1.11 bits per heavy atom.